The molecule has 1 aliphatic rings. The van der Waals surface area contributed by atoms with Gasteiger partial charge in [0.15, 0.2) is 0 Å². The summed E-state index contributed by atoms with van der Waals surface area (Å²) in [4.78, 5) is 14.4. The zero-order valence-corrected chi connectivity index (χ0v) is 12.7. The topological polar surface area (TPSA) is 44.4 Å². The van der Waals surface area contributed by atoms with Gasteiger partial charge in [0.2, 0.25) is 5.91 Å². The lowest BCUT2D eigenvalue weighted by Gasteiger charge is -2.35. The Balaban J connectivity index is 2.10. The number of nitrogens with one attached hydrogen (secondary N) is 2. The second kappa shape index (κ2) is 6.86. The molecule has 110 valence electrons. The molecule has 0 spiro atoms. The molecule has 4 nitrogen and oxygen atoms in total. The summed E-state index contributed by atoms with van der Waals surface area (Å²) >= 11 is 0. The molecule has 1 heterocycles. The molecule has 0 saturated carbocycles. The number of carbonyl (C=O) groups excluding carboxylic acids is 1. The zero-order chi connectivity index (χ0) is 14.5. The maximum atomic E-state index is 12.1. The number of benzene rings is 1. The number of rotatable bonds is 4. The lowest BCUT2D eigenvalue weighted by Crippen LogP contribution is -2.57. The lowest BCUT2D eigenvalue weighted by molar-refractivity contribution is -0.127. The largest absolute Gasteiger partial charge is 0.355 e. The third-order valence-electron chi connectivity index (χ3n) is 3.68. The van der Waals surface area contributed by atoms with Crippen LogP contribution in [0.4, 0.5) is 0 Å². The summed E-state index contributed by atoms with van der Waals surface area (Å²) in [5.74, 6) is 0.129. The first-order valence-corrected chi connectivity index (χ1v) is 7.40. The van der Waals surface area contributed by atoms with Crippen LogP contribution in [0.25, 0.3) is 0 Å². The van der Waals surface area contributed by atoms with E-state index in [9.17, 15) is 4.79 Å². The van der Waals surface area contributed by atoms with E-state index in [1.807, 2.05) is 6.92 Å². The summed E-state index contributed by atoms with van der Waals surface area (Å²) in [6, 6.07) is 6.54. The fourth-order valence-electron chi connectivity index (χ4n) is 2.88. The fourth-order valence-corrected chi connectivity index (χ4v) is 2.88. The van der Waals surface area contributed by atoms with Gasteiger partial charge in [-0.25, -0.2) is 0 Å². The van der Waals surface area contributed by atoms with Crippen molar-refractivity contribution in [1.29, 1.82) is 0 Å². The highest BCUT2D eigenvalue weighted by atomic mass is 16.2. The lowest BCUT2D eigenvalue weighted by atomic mass is 10.1. The molecule has 20 heavy (non-hydrogen) atoms. The third kappa shape index (κ3) is 3.81. The van der Waals surface area contributed by atoms with Gasteiger partial charge in [-0.2, -0.15) is 0 Å². The number of amides is 1. The molecule has 1 aromatic rings. The van der Waals surface area contributed by atoms with Gasteiger partial charge in [-0.3, -0.25) is 9.69 Å². The van der Waals surface area contributed by atoms with E-state index in [1.165, 1.54) is 16.7 Å². The van der Waals surface area contributed by atoms with E-state index in [0.717, 1.165) is 26.2 Å². The molecule has 1 aromatic carbocycles. The van der Waals surface area contributed by atoms with Crippen molar-refractivity contribution in [2.45, 2.75) is 33.4 Å². The average molecular weight is 275 g/mol. The predicted molar refractivity (Wildman–Crippen MR) is 81.7 cm³/mol. The van der Waals surface area contributed by atoms with Crippen molar-refractivity contribution >= 4 is 5.91 Å². The monoisotopic (exact) mass is 275 g/mol. The highest BCUT2D eigenvalue weighted by Crippen LogP contribution is 2.14. The molecule has 0 aliphatic carbocycles. The van der Waals surface area contributed by atoms with Crippen LogP contribution in [0.1, 0.15) is 23.6 Å². The standard InChI is InChI=1S/C16H25N3O/c1-4-18-16(20)15-10-17-5-6-19(15)11-14-8-12(2)7-13(3)9-14/h7-9,15,17H,4-6,10-11H2,1-3H3,(H,18,20). The van der Waals surface area contributed by atoms with Gasteiger partial charge in [0.1, 0.15) is 6.04 Å². The van der Waals surface area contributed by atoms with Crippen molar-refractivity contribution in [3.05, 3.63) is 34.9 Å². The van der Waals surface area contributed by atoms with Crippen molar-refractivity contribution < 1.29 is 4.79 Å². The highest BCUT2D eigenvalue weighted by molar-refractivity contribution is 5.82. The Kier molecular flexibility index (Phi) is 5.15. The maximum absolute atomic E-state index is 12.1. The first-order chi connectivity index (χ1) is 9.60. The number of piperazine rings is 1. The fraction of sp³-hybridized carbons (Fsp3) is 0.562. The number of hydrogen-bond donors (Lipinski definition) is 2. The molecule has 1 unspecified atom stereocenters. The molecule has 0 bridgehead atoms. The molecule has 2 rings (SSSR count). The third-order valence-corrected chi connectivity index (χ3v) is 3.68. The summed E-state index contributed by atoms with van der Waals surface area (Å²) < 4.78 is 0. The minimum atomic E-state index is -0.0653. The second-order valence-corrected chi connectivity index (χ2v) is 5.58. The van der Waals surface area contributed by atoms with Crippen molar-refractivity contribution in [2.24, 2.45) is 0 Å². The van der Waals surface area contributed by atoms with E-state index in [2.05, 4.69) is 47.6 Å². The normalized spacial score (nSPS) is 19.9. The Hall–Kier alpha value is -1.39. The molecule has 0 radical (unpaired) electrons. The second-order valence-electron chi connectivity index (χ2n) is 5.58. The van der Waals surface area contributed by atoms with Gasteiger partial charge in [-0.15, -0.1) is 0 Å². The van der Waals surface area contributed by atoms with Crippen LogP contribution in [-0.4, -0.2) is 43.0 Å². The van der Waals surface area contributed by atoms with E-state index in [-0.39, 0.29) is 11.9 Å². The molecule has 4 heteroatoms. The van der Waals surface area contributed by atoms with E-state index in [1.54, 1.807) is 0 Å². The summed E-state index contributed by atoms with van der Waals surface area (Å²) in [5.41, 5.74) is 3.85. The van der Waals surface area contributed by atoms with E-state index >= 15 is 0 Å². The van der Waals surface area contributed by atoms with Gasteiger partial charge in [0, 0.05) is 32.7 Å². The molecule has 1 saturated heterocycles. The quantitative estimate of drug-likeness (QED) is 0.868. The average Bonchev–Trinajstić information content (AvgIpc) is 2.38. The van der Waals surface area contributed by atoms with Gasteiger partial charge in [0.05, 0.1) is 0 Å². The Bertz CT molecular complexity index is 453. The molecule has 1 atom stereocenters. The molecule has 1 amide bonds. The van der Waals surface area contributed by atoms with Crippen LogP contribution in [-0.2, 0) is 11.3 Å². The van der Waals surface area contributed by atoms with Crippen molar-refractivity contribution in [3.63, 3.8) is 0 Å². The smallest absolute Gasteiger partial charge is 0.238 e. The van der Waals surface area contributed by atoms with Crippen molar-refractivity contribution in [2.75, 3.05) is 26.2 Å². The van der Waals surface area contributed by atoms with Gasteiger partial charge < -0.3 is 10.6 Å². The van der Waals surface area contributed by atoms with E-state index in [4.69, 9.17) is 0 Å². The Morgan fingerprint density at radius 2 is 2.05 bits per heavy atom. The van der Waals surface area contributed by atoms with Crippen LogP contribution in [0.5, 0.6) is 0 Å². The Labute approximate surface area is 121 Å². The van der Waals surface area contributed by atoms with Crippen LogP contribution >= 0.6 is 0 Å². The molecular formula is C16H25N3O. The Morgan fingerprint density at radius 1 is 1.35 bits per heavy atom. The Morgan fingerprint density at radius 3 is 2.70 bits per heavy atom. The number of likely N-dealkylation sites (N-methyl/N-ethyl adjacent to an activating group) is 1. The van der Waals surface area contributed by atoms with E-state index in [0.29, 0.717) is 6.54 Å². The van der Waals surface area contributed by atoms with Crippen LogP contribution in [0.15, 0.2) is 18.2 Å². The molecule has 1 aliphatic heterocycles. The SMILES string of the molecule is CCNC(=O)C1CNCCN1Cc1cc(C)cc(C)c1. The van der Waals surface area contributed by atoms with Gasteiger partial charge in [0.25, 0.3) is 0 Å². The summed E-state index contributed by atoms with van der Waals surface area (Å²) in [6.07, 6.45) is 0. The van der Waals surface area contributed by atoms with Gasteiger partial charge in [-0.05, 0) is 26.3 Å². The van der Waals surface area contributed by atoms with Gasteiger partial charge in [-0.1, -0.05) is 29.3 Å². The number of aryl methyl sites for hydroxylation is 2. The first-order valence-electron chi connectivity index (χ1n) is 7.40. The number of carbonyl (C=O) groups is 1. The van der Waals surface area contributed by atoms with Crippen LogP contribution < -0.4 is 10.6 Å². The van der Waals surface area contributed by atoms with Crippen molar-refractivity contribution in [3.8, 4) is 0 Å². The minimum absolute atomic E-state index is 0.0653. The predicted octanol–water partition coefficient (Wildman–Crippen LogP) is 1.21. The molecule has 2 N–H and O–H groups in total. The molecule has 1 fully saturated rings. The zero-order valence-electron chi connectivity index (χ0n) is 12.7. The van der Waals surface area contributed by atoms with E-state index < -0.39 is 0 Å². The van der Waals surface area contributed by atoms with Crippen LogP contribution in [0, 0.1) is 13.8 Å². The summed E-state index contributed by atoms with van der Waals surface area (Å²) in [6.45, 7) is 10.3. The number of nitrogens with zero attached hydrogens (tertiary/aromatic N) is 1. The highest BCUT2D eigenvalue weighted by Gasteiger charge is 2.28. The molecular weight excluding hydrogens is 250 g/mol. The summed E-state index contributed by atoms with van der Waals surface area (Å²) in [7, 11) is 0. The molecule has 0 aromatic heterocycles. The first kappa shape index (κ1) is 15.0. The van der Waals surface area contributed by atoms with Gasteiger partial charge >= 0.3 is 0 Å². The summed E-state index contributed by atoms with van der Waals surface area (Å²) in [5, 5.41) is 6.24. The van der Waals surface area contributed by atoms with Crippen LogP contribution in [0.2, 0.25) is 0 Å². The van der Waals surface area contributed by atoms with Crippen molar-refractivity contribution in [1.82, 2.24) is 15.5 Å². The maximum Gasteiger partial charge on any atom is 0.238 e. The number of hydrogen-bond acceptors (Lipinski definition) is 3. The van der Waals surface area contributed by atoms with Crippen LogP contribution in [0.3, 0.4) is 0 Å². The minimum Gasteiger partial charge on any atom is -0.355 e.